The molecule has 0 bridgehead atoms. The van der Waals surface area contributed by atoms with Crippen LogP contribution in [-0.2, 0) is 0 Å². The molecule has 14 heavy (non-hydrogen) atoms. The number of hydrogen-bond acceptors (Lipinski definition) is 4. The van der Waals surface area contributed by atoms with Crippen LogP contribution in [0.4, 0.5) is 10.3 Å². The Bertz CT molecular complexity index is 281. The number of anilines is 1. The van der Waals surface area contributed by atoms with Crippen molar-refractivity contribution in [2.24, 2.45) is 0 Å². The molecule has 2 rings (SSSR count). The molecule has 5 heteroatoms. The Morgan fingerprint density at radius 2 is 1.79 bits per heavy atom. The molecular weight excluding hydrogens is 183 g/mol. The maximum absolute atomic E-state index is 12.5. The highest BCUT2D eigenvalue weighted by Crippen LogP contribution is 2.09. The molecular formula is C9H13FN4. The average molecular weight is 196 g/mol. The lowest BCUT2D eigenvalue weighted by atomic mass is 10.2. The lowest BCUT2D eigenvalue weighted by Crippen LogP contribution is -2.35. The third-order valence-corrected chi connectivity index (χ3v) is 2.23. The quantitative estimate of drug-likeness (QED) is 0.776. The van der Waals surface area contributed by atoms with Gasteiger partial charge >= 0.3 is 0 Å². The maximum atomic E-state index is 12.5. The lowest BCUT2D eigenvalue weighted by Gasteiger charge is -2.26. The zero-order valence-electron chi connectivity index (χ0n) is 7.91. The van der Waals surface area contributed by atoms with Gasteiger partial charge in [-0.3, -0.25) is 5.43 Å². The molecule has 0 spiro atoms. The molecule has 0 unspecified atom stereocenters. The van der Waals surface area contributed by atoms with Crippen LogP contribution < -0.4 is 5.43 Å². The fourth-order valence-electron chi connectivity index (χ4n) is 1.52. The van der Waals surface area contributed by atoms with E-state index in [2.05, 4.69) is 20.4 Å². The van der Waals surface area contributed by atoms with Crippen LogP contribution in [0.5, 0.6) is 0 Å². The number of aromatic nitrogens is 2. The van der Waals surface area contributed by atoms with Crippen molar-refractivity contribution in [3.63, 3.8) is 0 Å². The molecule has 2 heterocycles. The van der Waals surface area contributed by atoms with Crippen molar-refractivity contribution in [3.05, 3.63) is 18.2 Å². The van der Waals surface area contributed by atoms with Crippen molar-refractivity contribution in [2.75, 3.05) is 18.5 Å². The molecule has 0 aliphatic carbocycles. The van der Waals surface area contributed by atoms with Gasteiger partial charge in [-0.05, 0) is 12.8 Å². The average Bonchev–Trinajstić information content (AvgIpc) is 2.23. The SMILES string of the molecule is Fc1cnc(NN2CCCCC2)nc1. The van der Waals surface area contributed by atoms with E-state index < -0.39 is 5.82 Å². The summed E-state index contributed by atoms with van der Waals surface area (Å²) in [7, 11) is 0. The van der Waals surface area contributed by atoms with Gasteiger partial charge in [0, 0.05) is 13.1 Å². The lowest BCUT2D eigenvalue weighted by molar-refractivity contribution is 0.271. The van der Waals surface area contributed by atoms with E-state index in [0.29, 0.717) is 5.95 Å². The summed E-state index contributed by atoms with van der Waals surface area (Å²) in [5.74, 6) is 0.0579. The molecule has 0 aromatic carbocycles. The number of hydrogen-bond donors (Lipinski definition) is 1. The van der Waals surface area contributed by atoms with Crippen LogP contribution in [0.15, 0.2) is 12.4 Å². The first kappa shape index (κ1) is 9.33. The van der Waals surface area contributed by atoms with Crippen molar-refractivity contribution in [2.45, 2.75) is 19.3 Å². The summed E-state index contributed by atoms with van der Waals surface area (Å²) in [5, 5.41) is 2.07. The highest BCUT2D eigenvalue weighted by atomic mass is 19.1. The second-order valence-electron chi connectivity index (χ2n) is 3.38. The topological polar surface area (TPSA) is 41.1 Å². The molecule has 0 saturated carbocycles. The highest BCUT2D eigenvalue weighted by Gasteiger charge is 2.10. The molecule has 1 aliphatic rings. The Morgan fingerprint density at radius 3 is 2.43 bits per heavy atom. The monoisotopic (exact) mass is 196 g/mol. The van der Waals surface area contributed by atoms with E-state index in [1.807, 2.05) is 0 Å². The van der Waals surface area contributed by atoms with Crippen LogP contribution >= 0.6 is 0 Å². The fraction of sp³-hybridized carbons (Fsp3) is 0.556. The van der Waals surface area contributed by atoms with E-state index in [-0.39, 0.29) is 0 Å². The van der Waals surface area contributed by atoms with Gasteiger partial charge in [0.15, 0.2) is 5.82 Å². The van der Waals surface area contributed by atoms with E-state index in [1.54, 1.807) is 0 Å². The van der Waals surface area contributed by atoms with Gasteiger partial charge in [0.25, 0.3) is 0 Å². The first-order chi connectivity index (χ1) is 6.84. The van der Waals surface area contributed by atoms with Crippen molar-refractivity contribution < 1.29 is 4.39 Å². The van der Waals surface area contributed by atoms with E-state index in [9.17, 15) is 4.39 Å². The summed E-state index contributed by atoms with van der Waals surface area (Å²) in [6.45, 7) is 2.00. The molecule has 1 aromatic heterocycles. The normalized spacial score (nSPS) is 18.1. The molecule has 76 valence electrons. The van der Waals surface area contributed by atoms with E-state index >= 15 is 0 Å². The van der Waals surface area contributed by atoms with Crippen LogP contribution in [-0.4, -0.2) is 28.1 Å². The number of halogens is 1. The smallest absolute Gasteiger partial charge is 0.237 e. The van der Waals surface area contributed by atoms with Crippen LogP contribution in [0.25, 0.3) is 0 Å². The Labute approximate surface area is 82.1 Å². The Balaban J connectivity index is 1.92. The highest BCUT2D eigenvalue weighted by molar-refractivity contribution is 5.20. The maximum Gasteiger partial charge on any atom is 0.237 e. The molecule has 4 nitrogen and oxygen atoms in total. The van der Waals surface area contributed by atoms with Gasteiger partial charge in [-0.15, -0.1) is 0 Å². The number of nitrogens with one attached hydrogen (secondary N) is 1. The Morgan fingerprint density at radius 1 is 1.14 bits per heavy atom. The third-order valence-electron chi connectivity index (χ3n) is 2.23. The second-order valence-corrected chi connectivity index (χ2v) is 3.38. The van der Waals surface area contributed by atoms with Gasteiger partial charge in [0.05, 0.1) is 12.4 Å². The van der Waals surface area contributed by atoms with E-state index in [4.69, 9.17) is 0 Å². The minimum Gasteiger partial charge on any atom is -0.287 e. The van der Waals surface area contributed by atoms with Gasteiger partial charge < -0.3 is 0 Å². The number of piperidine rings is 1. The predicted octanol–water partition coefficient (Wildman–Crippen LogP) is 1.43. The molecule has 0 radical (unpaired) electrons. The molecule has 1 fully saturated rings. The van der Waals surface area contributed by atoms with Crippen molar-refractivity contribution >= 4 is 5.95 Å². The molecule has 1 saturated heterocycles. The van der Waals surface area contributed by atoms with Crippen LogP contribution in [0.1, 0.15) is 19.3 Å². The minimum absolute atomic E-state index is 0.408. The summed E-state index contributed by atoms with van der Waals surface area (Å²) in [5.41, 5.74) is 3.05. The van der Waals surface area contributed by atoms with Gasteiger partial charge in [-0.25, -0.2) is 19.4 Å². The zero-order valence-corrected chi connectivity index (χ0v) is 7.91. The number of hydrazine groups is 1. The van der Waals surface area contributed by atoms with Crippen molar-refractivity contribution in [1.82, 2.24) is 15.0 Å². The first-order valence-electron chi connectivity index (χ1n) is 4.84. The first-order valence-corrected chi connectivity index (χ1v) is 4.84. The fourth-order valence-corrected chi connectivity index (χ4v) is 1.52. The van der Waals surface area contributed by atoms with Gasteiger partial charge in [-0.2, -0.15) is 0 Å². The van der Waals surface area contributed by atoms with Crippen LogP contribution in [0.2, 0.25) is 0 Å². The predicted molar refractivity (Wildman–Crippen MR) is 51.0 cm³/mol. The van der Waals surface area contributed by atoms with Gasteiger partial charge in [-0.1, -0.05) is 6.42 Å². The summed E-state index contributed by atoms with van der Waals surface area (Å²) in [6, 6.07) is 0. The summed E-state index contributed by atoms with van der Waals surface area (Å²) in [4.78, 5) is 7.67. The Kier molecular flexibility index (Phi) is 2.88. The molecule has 1 aliphatic heterocycles. The summed E-state index contributed by atoms with van der Waals surface area (Å²) >= 11 is 0. The zero-order chi connectivity index (χ0) is 9.80. The van der Waals surface area contributed by atoms with Crippen molar-refractivity contribution in [3.8, 4) is 0 Å². The van der Waals surface area contributed by atoms with Crippen molar-refractivity contribution in [1.29, 1.82) is 0 Å². The third kappa shape index (κ3) is 2.38. The molecule has 0 atom stereocenters. The Hall–Kier alpha value is -1.23. The standard InChI is InChI=1S/C9H13FN4/c10-8-6-11-9(12-7-8)13-14-4-2-1-3-5-14/h6-7H,1-5H2,(H,11,12,13). The second kappa shape index (κ2) is 4.32. The number of rotatable bonds is 2. The molecule has 1 N–H and O–H groups in total. The molecule has 0 amide bonds. The number of nitrogens with zero attached hydrogens (tertiary/aromatic N) is 3. The molecule has 1 aromatic rings. The van der Waals surface area contributed by atoms with Crippen LogP contribution in [0, 0.1) is 5.82 Å². The summed E-state index contributed by atoms with van der Waals surface area (Å²) < 4.78 is 12.5. The van der Waals surface area contributed by atoms with Gasteiger partial charge in [0.1, 0.15) is 0 Å². The largest absolute Gasteiger partial charge is 0.287 e. The van der Waals surface area contributed by atoms with Crippen LogP contribution in [0.3, 0.4) is 0 Å². The van der Waals surface area contributed by atoms with E-state index in [1.165, 1.54) is 31.7 Å². The van der Waals surface area contributed by atoms with Gasteiger partial charge in [0.2, 0.25) is 5.95 Å². The minimum atomic E-state index is -0.408. The van der Waals surface area contributed by atoms with E-state index in [0.717, 1.165) is 13.1 Å². The summed E-state index contributed by atoms with van der Waals surface area (Å²) in [6.07, 6.45) is 5.99.